The van der Waals surface area contributed by atoms with Crippen LogP contribution in [0.5, 0.6) is 0 Å². The fourth-order valence-electron chi connectivity index (χ4n) is 3.18. The van der Waals surface area contributed by atoms with Crippen LogP contribution in [0, 0.1) is 17.3 Å². The Hall–Kier alpha value is -0.280. The molecule has 0 aromatic heterocycles. The molecule has 1 saturated carbocycles. The number of hydrogen-bond donors (Lipinski definition) is 1. The van der Waals surface area contributed by atoms with Gasteiger partial charge in [-0.25, -0.2) is 0 Å². The zero-order chi connectivity index (χ0) is 11.8. The minimum atomic E-state index is 0. The van der Waals surface area contributed by atoms with E-state index in [4.69, 9.17) is 5.73 Å². The lowest BCUT2D eigenvalue weighted by molar-refractivity contribution is -0.135. The molecular weight excluding hydrogens is 236 g/mol. The third-order valence-corrected chi connectivity index (χ3v) is 4.27. The monoisotopic (exact) mass is 260 g/mol. The van der Waals surface area contributed by atoms with E-state index < -0.39 is 0 Å². The van der Waals surface area contributed by atoms with Crippen molar-refractivity contribution in [2.75, 3.05) is 19.6 Å². The Morgan fingerprint density at radius 3 is 2.65 bits per heavy atom. The van der Waals surface area contributed by atoms with Gasteiger partial charge >= 0.3 is 0 Å². The van der Waals surface area contributed by atoms with Gasteiger partial charge in [-0.15, -0.1) is 12.4 Å². The first-order valence-corrected chi connectivity index (χ1v) is 6.52. The van der Waals surface area contributed by atoms with Gasteiger partial charge in [-0.3, -0.25) is 4.79 Å². The van der Waals surface area contributed by atoms with Gasteiger partial charge in [0, 0.05) is 19.0 Å². The Morgan fingerprint density at radius 1 is 1.41 bits per heavy atom. The summed E-state index contributed by atoms with van der Waals surface area (Å²) in [6.07, 6.45) is 4.51. The van der Waals surface area contributed by atoms with E-state index in [0.717, 1.165) is 32.4 Å². The van der Waals surface area contributed by atoms with Gasteiger partial charge in [-0.1, -0.05) is 20.3 Å². The summed E-state index contributed by atoms with van der Waals surface area (Å²) in [4.78, 5) is 14.4. The summed E-state index contributed by atoms with van der Waals surface area (Å²) < 4.78 is 0. The molecule has 1 amide bonds. The van der Waals surface area contributed by atoms with Gasteiger partial charge in [0.05, 0.1) is 0 Å². The zero-order valence-corrected chi connectivity index (χ0v) is 11.8. The molecule has 17 heavy (non-hydrogen) atoms. The molecule has 1 heterocycles. The van der Waals surface area contributed by atoms with Crippen molar-refractivity contribution >= 4 is 18.3 Å². The summed E-state index contributed by atoms with van der Waals surface area (Å²) in [6.45, 7) is 7.04. The molecule has 1 saturated heterocycles. The lowest BCUT2D eigenvalue weighted by Crippen LogP contribution is -2.38. The summed E-state index contributed by atoms with van der Waals surface area (Å²) in [5, 5.41) is 0. The first-order chi connectivity index (χ1) is 7.53. The highest BCUT2D eigenvalue weighted by molar-refractivity contribution is 5.85. The van der Waals surface area contributed by atoms with Crippen LogP contribution in [0.25, 0.3) is 0 Å². The Labute approximate surface area is 111 Å². The highest BCUT2D eigenvalue weighted by Crippen LogP contribution is 2.36. The molecule has 0 aromatic carbocycles. The van der Waals surface area contributed by atoms with E-state index in [1.54, 1.807) is 0 Å². The van der Waals surface area contributed by atoms with Crippen molar-refractivity contribution < 1.29 is 4.79 Å². The number of hydrogen-bond acceptors (Lipinski definition) is 2. The normalized spacial score (nSPS) is 31.4. The molecule has 0 aromatic rings. The molecule has 0 unspecified atom stereocenters. The largest absolute Gasteiger partial charge is 0.342 e. The van der Waals surface area contributed by atoms with Crippen molar-refractivity contribution in [1.29, 1.82) is 0 Å². The number of carbonyl (C=O) groups excluding carboxylic acids is 1. The predicted octanol–water partition coefficient (Wildman–Crippen LogP) is 2.04. The number of amides is 1. The first-order valence-electron chi connectivity index (χ1n) is 6.52. The molecular formula is C13H25ClN2O. The van der Waals surface area contributed by atoms with Crippen LogP contribution in [0.2, 0.25) is 0 Å². The van der Waals surface area contributed by atoms with Crippen LogP contribution in [0.4, 0.5) is 0 Å². The van der Waals surface area contributed by atoms with Crippen molar-refractivity contribution in [3.05, 3.63) is 0 Å². The Bertz CT molecular complexity index is 281. The molecule has 4 heteroatoms. The Balaban J connectivity index is 0.00000144. The topological polar surface area (TPSA) is 46.3 Å². The fraction of sp³-hybridized carbons (Fsp3) is 0.923. The van der Waals surface area contributed by atoms with Crippen LogP contribution in [0.15, 0.2) is 0 Å². The lowest BCUT2D eigenvalue weighted by atomic mass is 9.92. The SMILES string of the molecule is CC1(C)CCN(C(=O)[C@@H]2CCC[C@@H]2CN)C1.Cl. The van der Waals surface area contributed by atoms with Gasteiger partial charge in [0.25, 0.3) is 0 Å². The highest BCUT2D eigenvalue weighted by Gasteiger charge is 2.39. The minimum absolute atomic E-state index is 0. The van der Waals surface area contributed by atoms with Gasteiger partial charge in [0.2, 0.25) is 5.91 Å². The van der Waals surface area contributed by atoms with E-state index in [2.05, 4.69) is 18.7 Å². The van der Waals surface area contributed by atoms with Crippen molar-refractivity contribution in [2.24, 2.45) is 23.0 Å². The number of nitrogens with zero attached hydrogens (tertiary/aromatic N) is 1. The number of likely N-dealkylation sites (tertiary alicyclic amines) is 1. The van der Waals surface area contributed by atoms with Crippen LogP contribution in [0.3, 0.4) is 0 Å². The van der Waals surface area contributed by atoms with Crippen LogP contribution >= 0.6 is 12.4 Å². The van der Waals surface area contributed by atoms with Crippen molar-refractivity contribution in [2.45, 2.75) is 39.5 Å². The Kier molecular flexibility index (Phi) is 4.85. The maximum absolute atomic E-state index is 12.4. The van der Waals surface area contributed by atoms with Gasteiger partial charge < -0.3 is 10.6 Å². The zero-order valence-electron chi connectivity index (χ0n) is 10.9. The summed E-state index contributed by atoms with van der Waals surface area (Å²) >= 11 is 0. The number of rotatable bonds is 2. The van der Waals surface area contributed by atoms with E-state index in [-0.39, 0.29) is 18.3 Å². The molecule has 100 valence electrons. The van der Waals surface area contributed by atoms with Crippen LogP contribution in [0.1, 0.15) is 39.5 Å². The van der Waals surface area contributed by atoms with Crippen molar-refractivity contribution in [3.63, 3.8) is 0 Å². The van der Waals surface area contributed by atoms with Gasteiger partial charge in [0.15, 0.2) is 0 Å². The van der Waals surface area contributed by atoms with Crippen LogP contribution in [-0.2, 0) is 4.79 Å². The molecule has 0 radical (unpaired) electrons. The Morgan fingerprint density at radius 2 is 2.12 bits per heavy atom. The van der Waals surface area contributed by atoms with Crippen LogP contribution in [-0.4, -0.2) is 30.4 Å². The molecule has 2 fully saturated rings. The van der Waals surface area contributed by atoms with E-state index in [1.165, 1.54) is 6.42 Å². The number of nitrogens with two attached hydrogens (primary N) is 1. The maximum Gasteiger partial charge on any atom is 0.226 e. The third-order valence-electron chi connectivity index (χ3n) is 4.27. The maximum atomic E-state index is 12.4. The van der Waals surface area contributed by atoms with E-state index >= 15 is 0 Å². The van der Waals surface area contributed by atoms with E-state index in [9.17, 15) is 4.79 Å². The molecule has 2 rings (SSSR count). The third kappa shape index (κ3) is 3.14. The first kappa shape index (κ1) is 14.8. The fourth-order valence-corrected chi connectivity index (χ4v) is 3.18. The predicted molar refractivity (Wildman–Crippen MR) is 72.1 cm³/mol. The van der Waals surface area contributed by atoms with Gasteiger partial charge in [-0.2, -0.15) is 0 Å². The standard InChI is InChI=1S/C13H24N2O.ClH/c1-13(2)6-7-15(9-13)12(16)11-5-3-4-10(11)8-14;/h10-11H,3-9,14H2,1-2H3;1H/t10-,11-;/m1./s1. The quantitative estimate of drug-likeness (QED) is 0.826. The molecule has 2 aliphatic rings. The van der Waals surface area contributed by atoms with Gasteiger partial charge in [0.1, 0.15) is 0 Å². The molecule has 1 aliphatic heterocycles. The minimum Gasteiger partial charge on any atom is -0.342 e. The van der Waals surface area contributed by atoms with Crippen molar-refractivity contribution in [1.82, 2.24) is 4.90 Å². The summed E-state index contributed by atoms with van der Waals surface area (Å²) in [7, 11) is 0. The second-order valence-corrected chi connectivity index (χ2v) is 6.21. The van der Waals surface area contributed by atoms with E-state index in [1.807, 2.05) is 0 Å². The number of halogens is 1. The molecule has 0 bridgehead atoms. The van der Waals surface area contributed by atoms with Crippen LogP contribution < -0.4 is 5.73 Å². The summed E-state index contributed by atoms with van der Waals surface area (Å²) in [5.41, 5.74) is 6.06. The molecule has 1 aliphatic carbocycles. The van der Waals surface area contributed by atoms with Gasteiger partial charge in [-0.05, 0) is 37.1 Å². The summed E-state index contributed by atoms with van der Waals surface area (Å²) in [5.74, 6) is 1.04. The lowest BCUT2D eigenvalue weighted by Gasteiger charge is -2.25. The second kappa shape index (κ2) is 5.57. The second-order valence-electron chi connectivity index (χ2n) is 6.21. The molecule has 0 spiro atoms. The average Bonchev–Trinajstić information content (AvgIpc) is 2.82. The highest BCUT2D eigenvalue weighted by atomic mass is 35.5. The average molecular weight is 261 g/mol. The molecule has 2 N–H and O–H groups in total. The number of carbonyl (C=O) groups is 1. The summed E-state index contributed by atoms with van der Waals surface area (Å²) in [6, 6.07) is 0. The van der Waals surface area contributed by atoms with Crippen molar-refractivity contribution in [3.8, 4) is 0 Å². The smallest absolute Gasteiger partial charge is 0.226 e. The molecule has 3 nitrogen and oxygen atoms in total. The molecule has 2 atom stereocenters. The van der Waals surface area contributed by atoms with E-state index in [0.29, 0.717) is 23.8 Å².